The van der Waals surface area contributed by atoms with Crippen LogP contribution in [-0.2, 0) is 10.3 Å². The van der Waals surface area contributed by atoms with E-state index in [4.69, 9.17) is 4.74 Å². The molecule has 4 nitrogen and oxygen atoms in total. The summed E-state index contributed by atoms with van der Waals surface area (Å²) in [5.74, 6) is -0.918. The minimum atomic E-state index is -1.28. The second kappa shape index (κ2) is 5.17. The van der Waals surface area contributed by atoms with Crippen LogP contribution in [0.5, 0.6) is 5.75 Å². The predicted molar refractivity (Wildman–Crippen MR) is 68.7 cm³/mol. The van der Waals surface area contributed by atoms with Gasteiger partial charge in [-0.1, -0.05) is 6.07 Å². The van der Waals surface area contributed by atoms with Gasteiger partial charge in [-0.05, 0) is 49.9 Å². The van der Waals surface area contributed by atoms with Crippen LogP contribution in [0.1, 0.15) is 25.3 Å². The standard InChI is InChI=1S/C14H18FNO3/c1-14(13(17)18,16-8-9-3-4-9)10-5-6-12(19-2)11(15)7-10/h5-7,9,16H,3-4,8H2,1-2H3,(H,17,18). The van der Waals surface area contributed by atoms with Crippen LogP contribution in [0.3, 0.4) is 0 Å². The van der Waals surface area contributed by atoms with Crippen LogP contribution in [0.15, 0.2) is 18.2 Å². The zero-order valence-electron chi connectivity index (χ0n) is 11.1. The van der Waals surface area contributed by atoms with Gasteiger partial charge in [-0.15, -0.1) is 0 Å². The number of nitrogens with one attached hydrogen (secondary N) is 1. The summed E-state index contributed by atoms with van der Waals surface area (Å²) >= 11 is 0. The number of ether oxygens (including phenoxy) is 1. The number of halogens is 1. The lowest BCUT2D eigenvalue weighted by Crippen LogP contribution is -2.47. The first-order chi connectivity index (χ1) is 8.97. The van der Waals surface area contributed by atoms with E-state index in [0.717, 1.165) is 12.8 Å². The summed E-state index contributed by atoms with van der Waals surface area (Å²) in [6, 6.07) is 4.24. The van der Waals surface area contributed by atoms with Gasteiger partial charge in [0.25, 0.3) is 0 Å². The maximum Gasteiger partial charge on any atom is 0.328 e. The highest BCUT2D eigenvalue weighted by molar-refractivity contribution is 5.80. The Bertz CT molecular complexity index is 488. The van der Waals surface area contributed by atoms with E-state index in [1.807, 2.05) is 0 Å². The number of hydrogen-bond donors (Lipinski definition) is 2. The quantitative estimate of drug-likeness (QED) is 0.829. The van der Waals surface area contributed by atoms with E-state index in [1.165, 1.54) is 19.2 Å². The number of aliphatic carboxylic acids is 1. The summed E-state index contributed by atoms with van der Waals surface area (Å²) < 4.78 is 18.5. The molecule has 0 aromatic heterocycles. The first-order valence-electron chi connectivity index (χ1n) is 6.30. The lowest BCUT2D eigenvalue weighted by molar-refractivity contribution is -0.144. The third kappa shape index (κ3) is 2.87. The third-order valence-corrected chi connectivity index (χ3v) is 3.60. The highest BCUT2D eigenvalue weighted by Gasteiger charge is 2.37. The molecular formula is C14H18FNO3. The van der Waals surface area contributed by atoms with Gasteiger partial charge >= 0.3 is 5.97 Å². The molecule has 1 atom stereocenters. The van der Waals surface area contributed by atoms with Crippen LogP contribution in [0.2, 0.25) is 0 Å². The largest absolute Gasteiger partial charge is 0.494 e. The van der Waals surface area contributed by atoms with Gasteiger partial charge in [-0.25, -0.2) is 9.18 Å². The number of rotatable bonds is 6. The zero-order valence-corrected chi connectivity index (χ0v) is 11.1. The highest BCUT2D eigenvalue weighted by atomic mass is 19.1. The minimum Gasteiger partial charge on any atom is -0.494 e. The summed E-state index contributed by atoms with van der Waals surface area (Å²) in [4.78, 5) is 11.5. The number of benzene rings is 1. The van der Waals surface area contributed by atoms with E-state index in [9.17, 15) is 14.3 Å². The first-order valence-corrected chi connectivity index (χ1v) is 6.30. The molecule has 104 valence electrons. The molecular weight excluding hydrogens is 249 g/mol. The van der Waals surface area contributed by atoms with E-state index < -0.39 is 17.3 Å². The highest BCUT2D eigenvalue weighted by Crippen LogP contribution is 2.31. The van der Waals surface area contributed by atoms with E-state index >= 15 is 0 Å². The molecule has 19 heavy (non-hydrogen) atoms. The van der Waals surface area contributed by atoms with Crippen molar-refractivity contribution < 1.29 is 19.0 Å². The van der Waals surface area contributed by atoms with E-state index in [0.29, 0.717) is 18.0 Å². The Morgan fingerprint density at radius 2 is 2.26 bits per heavy atom. The topological polar surface area (TPSA) is 58.6 Å². The fraction of sp³-hybridized carbons (Fsp3) is 0.500. The van der Waals surface area contributed by atoms with Crippen molar-refractivity contribution in [2.75, 3.05) is 13.7 Å². The summed E-state index contributed by atoms with van der Waals surface area (Å²) in [5, 5.41) is 12.5. The Kier molecular flexibility index (Phi) is 3.75. The molecule has 0 bridgehead atoms. The molecule has 0 amide bonds. The summed E-state index contributed by atoms with van der Waals surface area (Å²) in [6.07, 6.45) is 2.25. The molecule has 1 unspecified atom stereocenters. The van der Waals surface area contributed by atoms with Crippen molar-refractivity contribution in [2.45, 2.75) is 25.3 Å². The van der Waals surface area contributed by atoms with Crippen LogP contribution in [-0.4, -0.2) is 24.7 Å². The SMILES string of the molecule is COc1ccc(C(C)(NCC2CC2)C(=O)O)cc1F. The van der Waals surface area contributed by atoms with Crippen LogP contribution in [0, 0.1) is 11.7 Å². The molecule has 1 aliphatic carbocycles. The molecule has 1 aliphatic rings. The Balaban J connectivity index is 2.26. The maximum atomic E-state index is 13.7. The van der Waals surface area contributed by atoms with Crippen LogP contribution in [0.4, 0.5) is 4.39 Å². The smallest absolute Gasteiger partial charge is 0.328 e. The van der Waals surface area contributed by atoms with Crippen molar-refractivity contribution in [1.29, 1.82) is 0 Å². The van der Waals surface area contributed by atoms with Crippen LogP contribution < -0.4 is 10.1 Å². The molecule has 0 spiro atoms. The fourth-order valence-electron chi connectivity index (χ4n) is 1.95. The predicted octanol–water partition coefficient (Wildman–Crippen LogP) is 2.13. The van der Waals surface area contributed by atoms with Crippen molar-refractivity contribution in [3.63, 3.8) is 0 Å². The van der Waals surface area contributed by atoms with Crippen molar-refractivity contribution in [3.8, 4) is 5.75 Å². The van der Waals surface area contributed by atoms with Gasteiger partial charge in [0.05, 0.1) is 7.11 Å². The molecule has 1 aromatic rings. The minimum absolute atomic E-state index is 0.110. The number of carboxylic acid groups (broad SMARTS) is 1. The van der Waals surface area contributed by atoms with E-state index in [-0.39, 0.29) is 5.75 Å². The summed E-state index contributed by atoms with van der Waals surface area (Å²) in [6.45, 7) is 2.19. The molecule has 0 saturated heterocycles. The number of hydrogen-bond acceptors (Lipinski definition) is 3. The molecule has 1 aromatic carbocycles. The molecule has 0 heterocycles. The molecule has 1 fully saturated rings. The number of methoxy groups -OCH3 is 1. The van der Waals surface area contributed by atoms with Gasteiger partial charge in [-0.2, -0.15) is 0 Å². The molecule has 0 radical (unpaired) electrons. The summed E-state index contributed by atoms with van der Waals surface area (Å²) in [5.41, 5.74) is -0.894. The average molecular weight is 267 g/mol. The van der Waals surface area contributed by atoms with Gasteiger partial charge in [0.15, 0.2) is 11.6 Å². The van der Waals surface area contributed by atoms with Crippen LogP contribution >= 0.6 is 0 Å². The van der Waals surface area contributed by atoms with Gasteiger partial charge in [0.1, 0.15) is 5.54 Å². The van der Waals surface area contributed by atoms with Crippen molar-refractivity contribution in [1.82, 2.24) is 5.32 Å². The van der Waals surface area contributed by atoms with Gasteiger partial charge in [0.2, 0.25) is 0 Å². The van der Waals surface area contributed by atoms with Gasteiger partial charge < -0.3 is 9.84 Å². The Hall–Kier alpha value is -1.62. The Morgan fingerprint density at radius 1 is 1.58 bits per heavy atom. The Labute approximate surface area is 111 Å². The van der Waals surface area contributed by atoms with Gasteiger partial charge in [0, 0.05) is 0 Å². The number of carbonyl (C=O) groups is 1. The first kappa shape index (κ1) is 13.8. The molecule has 2 rings (SSSR count). The van der Waals surface area contributed by atoms with Crippen molar-refractivity contribution >= 4 is 5.97 Å². The Morgan fingerprint density at radius 3 is 2.74 bits per heavy atom. The van der Waals surface area contributed by atoms with E-state index in [1.54, 1.807) is 13.0 Å². The normalized spacial score (nSPS) is 17.8. The lowest BCUT2D eigenvalue weighted by Gasteiger charge is -2.27. The maximum absolute atomic E-state index is 13.7. The fourth-order valence-corrected chi connectivity index (χ4v) is 1.95. The third-order valence-electron chi connectivity index (χ3n) is 3.60. The second-order valence-electron chi connectivity index (χ2n) is 5.10. The lowest BCUT2D eigenvalue weighted by atomic mass is 9.91. The van der Waals surface area contributed by atoms with E-state index in [2.05, 4.69) is 5.32 Å². The van der Waals surface area contributed by atoms with Crippen LogP contribution in [0.25, 0.3) is 0 Å². The molecule has 2 N–H and O–H groups in total. The van der Waals surface area contributed by atoms with Crippen molar-refractivity contribution in [3.05, 3.63) is 29.6 Å². The molecule has 0 aliphatic heterocycles. The zero-order chi connectivity index (χ0) is 14.0. The van der Waals surface area contributed by atoms with Crippen molar-refractivity contribution in [2.24, 2.45) is 5.92 Å². The average Bonchev–Trinajstić information content (AvgIpc) is 3.19. The number of carboxylic acids is 1. The molecule has 5 heteroatoms. The monoisotopic (exact) mass is 267 g/mol. The molecule has 1 saturated carbocycles. The second-order valence-corrected chi connectivity index (χ2v) is 5.10. The van der Waals surface area contributed by atoms with Gasteiger partial charge in [-0.3, -0.25) is 5.32 Å². The summed E-state index contributed by atoms with van der Waals surface area (Å²) in [7, 11) is 1.37.